The maximum absolute atomic E-state index is 11.5. The maximum atomic E-state index is 11.5. The van der Waals surface area contributed by atoms with Crippen molar-refractivity contribution in [2.45, 2.75) is 6.92 Å². The van der Waals surface area contributed by atoms with Crippen molar-refractivity contribution in [1.29, 1.82) is 0 Å². The topological polar surface area (TPSA) is 120 Å². The first-order chi connectivity index (χ1) is 9.97. The van der Waals surface area contributed by atoms with Gasteiger partial charge in [0.15, 0.2) is 5.75 Å². The molecule has 0 atom stereocenters. The summed E-state index contributed by atoms with van der Waals surface area (Å²) in [6, 6.07) is 3.28. The number of benzene rings is 1. The van der Waals surface area contributed by atoms with Crippen LogP contribution in [0.15, 0.2) is 18.2 Å². The van der Waals surface area contributed by atoms with Gasteiger partial charge < -0.3 is 20.1 Å². The third-order valence-corrected chi connectivity index (χ3v) is 2.33. The van der Waals surface area contributed by atoms with Gasteiger partial charge in [-0.15, -0.1) is 0 Å². The van der Waals surface area contributed by atoms with E-state index in [0.717, 1.165) is 6.07 Å². The van der Waals surface area contributed by atoms with Crippen LogP contribution in [-0.2, 0) is 9.53 Å². The minimum atomic E-state index is -0.678. The molecule has 2 N–H and O–H groups in total. The van der Waals surface area contributed by atoms with Crippen LogP contribution >= 0.6 is 0 Å². The molecule has 0 aromatic heterocycles. The zero-order chi connectivity index (χ0) is 15.8. The van der Waals surface area contributed by atoms with Gasteiger partial charge in [0.2, 0.25) is 0 Å². The second kappa shape index (κ2) is 7.68. The lowest BCUT2D eigenvalue weighted by atomic mass is 10.2. The van der Waals surface area contributed by atoms with E-state index in [-0.39, 0.29) is 30.3 Å². The molecule has 1 aromatic rings. The summed E-state index contributed by atoms with van der Waals surface area (Å²) in [5.41, 5.74) is -0.0791. The minimum absolute atomic E-state index is 0.0810. The van der Waals surface area contributed by atoms with Gasteiger partial charge in [0.05, 0.1) is 18.6 Å². The number of urea groups is 1. The van der Waals surface area contributed by atoms with E-state index in [1.54, 1.807) is 6.92 Å². The SMILES string of the molecule is CCOC(=O)CNC(=O)Nc1ccc(OC)c([N+](=O)[O-])c1. The number of hydrogen-bond donors (Lipinski definition) is 2. The Morgan fingerprint density at radius 3 is 2.67 bits per heavy atom. The third-order valence-electron chi connectivity index (χ3n) is 2.33. The van der Waals surface area contributed by atoms with Gasteiger partial charge in [-0.1, -0.05) is 0 Å². The smallest absolute Gasteiger partial charge is 0.325 e. The predicted octanol–water partition coefficient (Wildman–Crippen LogP) is 1.29. The lowest BCUT2D eigenvalue weighted by Gasteiger charge is -2.08. The summed E-state index contributed by atoms with van der Waals surface area (Å²) in [4.78, 5) is 32.8. The fourth-order valence-corrected chi connectivity index (χ4v) is 1.45. The Kier molecular flexibility index (Phi) is 5.93. The number of nitrogens with one attached hydrogen (secondary N) is 2. The molecule has 0 saturated carbocycles. The Morgan fingerprint density at radius 2 is 2.10 bits per heavy atom. The molecule has 1 aromatic carbocycles. The van der Waals surface area contributed by atoms with Crippen molar-refractivity contribution in [1.82, 2.24) is 5.32 Å². The Morgan fingerprint density at radius 1 is 1.38 bits per heavy atom. The minimum Gasteiger partial charge on any atom is -0.490 e. The van der Waals surface area contributed by atoms with E-state index < -0.39 is 16.9 Å². The molecule has 0 spiro atoms. The van der Waals surface area contributed by atoms with E-state index in [1.807, 2.05) is 0 Å². The first-order valence-electron chi connectivity index (χ1n) is 6.00. The molecule has 0 fully saturated rings. The van der Waals surface area contributed by atoms with Crippen LogP contribution in [0.25, 0.3) is 0 Å². The Balaban J connectivity index is 2.66. The van der Waals surface area contributed by atoms with Crippen molar-refractivity contribution < 1.29 is 24.0 Å². The largest absolute Gasteiger partial charge is 0.490 e. The van der Waals surface area contributed by atoms with Crippen LogP contribution in [0.2, 0.25) is 0 Å². The van der Waals surface area contributed by atoms with Crippen LogP contribution in [0.4, 0.5) is 16.2 Å². The molecule has 0 aliphatic heterocycles. The summed E-state index contributed by atoms with van der Waals surface area (Å²) in [6.07, 6.45) is 0. The van der Waals surface area contributed by atoms with Crippen molar-refractivity contribution in [3.63, 3.8) is 0 Å². The maximum Gasteiger partial charge on any atom is 0.325 e. The molecular weight excluding hydrogens is 282 g/mol. The number of amides is 2. The van der Waals surface area contributed by atoms with Crippen molar-refractivity contribution in [3.8, 4) is 5.75 Å². The molecule has 1 rings (SSSR count). The average Bonchev–Trinajstić information content (AvgIpc) is 2.45. The van der Waals surface area contributed by atoms with Gasteiger partial charge in [-0.25, -0.2) is 4.79 Å². The van der Waals surface area contributed by atoms with Crippen LogP contribution in [0, 0.1) is 10.1 Å². The first-order valence-corrected chi connectivity index (χ1v) is 6.00. The number of esters is 1. The Bertz CT molecular complexity index is 546. The number of carbonyl (C=O) groups excluding carboxylic acids is 2. The van der Waals surface area contributed by atoms with Gasteiger partial charge in [-0.3, -0.25) is 14.9 Å². The molecule has 2 amide bonds. The van der Waals surface area contributed by atoms with Crippen LogP contribution in [0.1, 0.15) is 6.92 Å². The number of anilines is 1. The van der Waals surface area contributed by atoms with E-state index in [1.165, 1.54) is 19.2 Å². The molecule has 0 saturated heterocycles. The van der Waals surface area contributed by atoms with Crippen LogP contribution in [0.5, 0.6) is 5.75 Å². The molecule has 0 radical (unpaired) electrons. The molecule has 0 aliphatic carbocycles. The van der Waals surface area contributed by atoms with E-state index >= 15 is 0 Å². The van der Waals surface area contributed by atoms with E-state index in [9.17, 15) is 19.7 Å². The quantitative estimate of drug-likeness (QED) is 0.463. The Hall–Kier alpha value is -2.84. The molecule has 0 aliphatic rings. The molecule has 0 heterocycles. The molecular formula is C12H15N3O6. The van der Waals surface area contributed by atoms with Gasteiger partial charge in [0.1, 0.15) is 6.54 Å². The highest BCUT2D eigenvalue weighted by molar-refractivity contribution is 5.91. The van der Waals surface area contributed by atoms with Gasteiger partial charge in [-0.2, -0.15) is 0 Å². The van der Waals surface area contributed by atoms with Crippen LogP contribution in [-0.4, -0.2) is 37.2 Å². The predicted molar refractivity (Wildman–Crippen MR) is 73.3 cm³/mol. The zero-order valence-electron chi connectivity index (χ0n) is 11.5. The number of nitrogens with zero attached hydrogens (tertiary/aromatic N) is 1. The summed E-state index contributed by atoms with van der Waals surface area (Å²) in [5, 5.41) is 15.5. The summed E-state index contributed by atoms with van der Waals surface area (Å²) in [5.74, 6) is -0.495. The van der Waals surface area contributed by atoms with Gasteiger partial charge in [0, 0.05) is 11.8 Å². The van der Waals surface area contributed by atoms with E-state index in [2.05, 4.69) is 15.4 Å². The van der Waals surface area contributed by atoms with E-state index in [0.29, 0.717) is 0 Å². The normalized spacial score (nSPS) is 9.62. The monoisotopic (exact) mass is 297 g/mol. The number of ether oxygens (including phenoxy) is 2. The molecule has 0 unspecified atom stereocenters. The molecule has 21 heavy (non-hydrogen) atoms. The molecule has 9 heteroatoms. The van der Waals surface area contributed by atoms with Crippen LogP contribution in [0.3, 0.4) is 0 Å². The second-order valence-electron chi connectivity index (χ2n) is 3.76. The Labute approximate surface area is 120 Å². The number of methoxy groups -OCH3 is 1. The number of nitro groups is 1. The number of rotatable bonds is 6. The second-order valence-corrected chi connectivity index (χ2v) is 3.76. The summed E-state index contributed by atoms with van der Waals surface area (Å²) >= 11 is 0. The first kappa shape index (κ1) is 16.2. The van der Waals surface area contributed by atoms with Crippen molar-refractivity contribution >= 4 is 23.4 Å². The highest BCUT2D eigenvalue weighted by atomic mass is 16.6. The molecule has 0 bridgehead atoms. The van der Waals surface area contributed by atoms with Crippen LogP contribution < -0.4 is 15.4 Å². The summed E-state index contributed by atoms with van der Waals surface area (Å²) < 4.78 is 9.48. The highest BCUT2D eigenvalue weighted by Gasteiger charge is 2.16. The number of hydrogen-bond acceptors (Lipinski definition) is 6. The van der Waals surface area contributed by atoms with Crippen molar-refractivity contribution in [3.05, 3.63) is 28.3 Å². The van der Waals surface area contributed by atoms with Crippen molar-refractivity contribution in [2.24, 2.45) is 0 Å². The average molecular weight is 297 g/mol. The number of carbonyl (C=O) groups is 2. The lowest BCUT2D eigenvalue weighted by Crippen LogP contribution is -2.34. The van der Waals surface area contributed by atoms with Crippen molar-refractivity contribution in [2.75, 3.05) is 25.6 Å². The van der Waals surface area contributed by atoms with E-state index in [4.69, 9.17) is 4.74 Å². The highest BCUT2D eigenvalue weighted by Crippen LogP contribution is 2.29. The molecule has 114 valence electrons. The summed E-state index contributed by atoms with van der Waals surface area (Å²) in [7, 11) is 1.31. The zero-order valence-corrected chi connectivity index (χ0v) is 11.5. The van der Waals surface area contributed by atoms with Gasteiger partial charge in [0.25, 0.3) is 0 Å². The fourth-order valence-electron chi connectivity index (χ4n) is 1.45. The van der Waals surface area contributed by atoms with Gasteiger partial charge >= 0.3 is 17.7 Å². The lowest BCUT2D eigenvalue weighted by molar-refractivity contribution is -0.385. The fraction of sp³-hybridized carbons (Fsp3) is 0.333. The summed E-state index contributed by atoms with van der Waals surface area (Å²) in [6.45, 7) is 1.57. The van der Waals surface area contributed by atoms with Gasteiger partial charge in [-0.05, 0) is 19.1 Å². The molecule has 9 nitrogen and oxygen atoms in total. The standard InChI is InChI=1S/C12H15N3O6/c1-3-21-11(16)7-13-12(17)14-8-4-5-10(20-2)9(6-8)15(18)19/h4-6H,3,7H2,1-2H3,(H2,13,14,17). The third kappa shape index (κ3) is 4.97. The number of nitro benzene ring substituents is 1.